The van der Waals surface area contributed by atoms with Crippen LogP contribution in [0.5, 0.6) is 0 Å². The highest BCUT2D eigenvalue weighted by atomic mass is 32.1. The summed E-state index contributed by atoms with van der Waals surface area (Å²) in [5, 5.41) is 5.90. The highest BCUT2D eigenvalue weighted by Gasteiger charge is 2.14. The van der Waals surface area contributed by atoms with Crippen LogP contribution in [0, 0.1) is 20.8 Å². The van der Waals surface area contributed by atoms with Crippen LogP contribution in [0.2, 0.25) is 0 Å². The Morgan fingerprint density at radius 3 is 2.42 bits per heavy atom. The average Bonchev–Trinajstić information content (AvgIpc) is 3.09. The van der Waals surface area contributed by atoms with E-state index in [1.54, 1.807) is 12.1 Å². The number of aryl methyl sites for hydroxylation is 3. The predicted octanol–water partition coefficient (Wildman–Crippen LogP) is 5.00. The number of carbonyl (C=O) groups excluding carboxylic acids is 1. The zero-order valence-electron chi connectivity index (χ0n) is 14.9. The van der Waals surface area contributed by atoms with Crippen molar-refractivity contribution in [3.63, 3.8) is 0 Å². The molecule has 0 saturated heterocycles. The summed E-state index contributed by atoms with van der Waals surface area (Å²) in [4.78, 5) is 12.4. The number of thiocarbonyl (C=S) groups is 1. The molecular formula is C21H20N2O2S. The summed E-state index contributed by atoms with van der Waals surface area (Å²) >= 11 is 5.22. The first-order chi connectivity index (χ1) is 12.4. The number of furan rings is 1. The summed E-state index contributed by atoms with van der Waals surface area (Å²) in [5.41, 5.74) is 5.22. The molecule has 0 aliphatic heterocycles. The fraction of sp³-hybridized carbons (Fsp3) is 0.143. The van der Waals surface area contributed by atoms with Gasteiger partial charge in [0, 0.05) is 11.3 Å². The van der Waals surface area contributed by atoms with Crippen LogP contribution in [-0.4, -0.2) is 11.0 Å². The minimum absolute atomic E-state index is 0.215. The van der Waals surface area contributed by atoms with Crippen molar-refractivity contribution in [1.82, 2.24) is 5.32 Å². The van der Waals surface area contributed by atoms with Crippen LogP contribution in [0.1, 0.15) is 27.2 Å². The van der Waals surface area contributed by atoms with E-state index in [4.69, 9.17) is 16.6 Å². The van der Waals surface area contributed by atoms with Crippen LogP contribution in [0.15, 0.2) is 59.0 Å². The number of nitrogens with one attached hydrogen (secondary N) is 2. The molecule has 1 heterocycles. The van der Waals surface area contributed by atoms with Gasteiger partial charge in [-0.05, 0) is 73.9 Å². The number of carbonyl (C=O) groups is 1. The topological polar surface area (TPSA) is 54.3 Å². The smallest absolute Gasteiger partial charge is 0.293 e. The highest BCUT2D eigenvalue weighted by Crippen LogP contribution is 2.24. The molecule has 0 fully saturated rings. The molecule has 1 aromatic heterocycles. The quantitative estimate of drug-likeness (QED) is 0.642. The molecule has 0 aliphatic carbocycles. The van der Waals surface area contributed by atoms with Crippen LogP contribution in [0.3, 0.4) is 0 Å². The van der Waals surface area contributed by atoms with Gasteiger partial charge in [-0.1, -0.05) is 30.3 Å². The van der Waals surface area contributed by atoms with Gasteiger partial charge in [0.05, 0.1) is 0 Å². The normalized spacial score (nSPS) is 10.4. The Hall–Kier alpha value is -2.92. The maximum Gasteiger partial charge on any atom is 0.293 e. The molecule has 0 spiro atoms. The van der Waals surface area contributed by atoms with Gasteiger partial charge in [0.1, 0.15) is 5.76 Å². The Morgan fingerprint density at radius 2 is 1.69 bits per heavy atom. The van der Waals surface area contributed by atoms with Gasteiger partial charge < -0.3 is 9.73 Å². The molecule has 4 nitrogen and oxygen atoms in total. The molecule has 0 bridgehead atoms. The van der Waals surface area contributed by atoms with Crippen LogP contribution < -0.4 is 10.6 Å². The van der Waals surface area contributed by atoms with E-state index in [2.05, 4.69) is 17.6 Å². The van der Waals surface area contributed by atoms with Crippen molar-refractivity contribution in [3.8, 4) is 11.3 Å². The number of hydrogen-bond acceptors (Lipinski definition) is 3. The molecule has 0 atom stereocenters. The molecule has 3 rings (SSSR count). The number of hydrogen-bond donors (Lipinski definition) is 2. The summed E-state index contributed by atoms with van der Waals surface area (Å²) in [6, 6.07) is 17.2. The highest BCUT2D eigenvalue weighted by molar-refractivity contribution is 7.80. The van der Waals surface area contributed by atoms with E-state index in [0.717, 1.165) is 16.8 Å². The molecule has 0 radical (unpaired) electrons. The van der Waals surface area contributed by atoms with Crippen LogP contribution >= 0.6 is 12.2 Å². The second-order valence-corrected chi connectivity index (χ2v) is 6.59. The molecule has 1 amide bonds. The molecule has 2 N–H and O–H groups in total. The maximum absolute atomic E-state index is 12.4. The van der Waals surface area contributed by atoms with Crippen molar-refractivity contribution in [2.75, 3.05) is 5.32 Å². The molecule has 0 unspecified atom stereocenters. The Bertz CT molecular complexity index is 976. The monoisotopic (exact) mass is 364 g/mol. The summed E-state index contributed by atoms with van der Waals surface area (Å²) in [5.74, 6) is 0.481. The van der Waals surface area contributed by atoms with E-state index in [9.17, 15) is 4.79 Å². The van der Waals surface area contributed by atoms with Gasteiger partial charge in [0.2, 0.25) is 0 Å². The first-order valence-corrected chi connectivity index (χ1v) is 8.70. The third-order valence-electron chi connectivity index (χ3n) is 4.24. The zero-order valence-corrected chi connectivity index (χ0v) is 15.7. The SMILES string of the molecule is Cc1ccc(-c2ccc(C(=O)NC(=S)Nc3ccccc3C)o2)cc1C. The lowest BCUT2D eigenvalue weighted by Gasteiger charge is -2.10. The molecule has 0 saturated carbocycles. The second kappa shape index (κ2) is 7.54. The van der Waals surface area contributed by atoms with Crippen molar-refractivity contribution in [2.24, 2.45) is 0 Å². The van der Waals surface area contributed by atoms with Crippen LogP contribution in [0.4, 0.5) is 5.69 Å². The predicted molar refractivity (Wildman–Crippen MR) is 108 cm³/mol. The molecule has 5 heteroatoms. The van der Waals surface area contributed by atoms with Crippen molar-refractivity contribution in [3.05, 3.63) is 77.0 Å². The van der Waals surface area contributed by atoms with Gasteiger partial charge in [-0.15, -0.1) is 0 Å². The molecule has 0 aliphatic rings. The van der Waals surface area contributed by atoms with Gasteiger partial charge in [-0.25, -0.2) is 0 Å². The van der Waals surface area contributed by atoms with E-state index in [0.29, 0.717) is 5.76 Å². The molecule has 2 aromatic carbocycles. The summed E-state index contributed by atoms with van der Waals surface area (Å²) in [6.45, 7) is 6.07. The number of para-hydroxylation sites is 1. The number of anilines is 1. The van der Waals surface area contributed by atoms with Gasteiger partial charge in [-0.3, -0.25) is 10.1 Å². The van der Waals surface area contributed by atoms with Gasteiger partial charge in [-0.2, -0.15) is 0 Å². The lowest BCUT2D eigenvalue weighted by Crippen LogP contribution is -2.34. The van der Waals surface area contributed by atoms with Crippen LogP contribution in [0.25, 0.3) is 11.3 Å². The summed E-state index contributed by atoms with van der Waals surface area (Å²) in [7, 11) is 0. The Morgan fingerprint density at radius 1 is 0.923 bits per heavy atom. The second-order valence-electron chi connectivity index (χ2n) is 6.19. The van der Waals surface area contributed by atoms with E-state index in [1.165, 1.54) is 11.1 Å². The van der Waals surface area contributed by atoms with Gasteiger partial charge in [0.25, 0.3) is 5.91 Å². The minimum Gasteiger partial charge on any atom is -0.451 e. The first-order valence-electron chi connectivity index (χ1n) is 8.29. The third-order valence-corrected chi connectivity index (χ3v) is 4.45. The Kier molecular flexibility index (Phi) is 5.19. The van der Waals surface area contributed by atoms with E-state index in [1.807, 2.05) is 56.3 Å². The first kappa shape index (κ1) is 17.9. The standard InChI is InChI=1S/C21H20N2O2S/c1-13-8-9-16(12-15(13)3)18-10-11-19(25-18)20(24)23-21(26)22-17-7-5-4-6-14(17)2/h4-12H,1-3H3,(H2,22,23,24,26). The number of benzene rings is 2. The van der Waals surface area contributed by atoms with Crippen molar-refractivity contribution in [1.29, 1.82) is 0 Å². The van der Waals surface area contributed by atoms with E-state index < -0.39 is 0 Å². The van der Waals surface area contributed by atoms with Gasteiger partial charge in [0.15, 0.2) is 10.9 Å². The largest absolute Gasteiger partial charge is 0.451 e. The van der Waals surface area contributed by atoms with Crippen molar-refractivity contribution >= 4 is 28.9 Å². The number of rotatable bonds is 3. The molecule has 3 aromatic rings. The maximum atomic E-state index is 12.4. The molecular weight excluding hydrogens is 344 g/mol. The molecule has 26 heavy (non-hydrogen) atoms. The summed E-state index contributed by atoms with van der Waals surface area (Å²) < 4.78 is 5.70. The van der Waals surface area contributed by atoms with E-state index in [-0.39, 0.29) is 16.8 Å². The van der Waals surface area contributed by atoms with Crippen molar-refractivity contribution in [2.45, 2.75) is 20.8 Å². The number of amides is 1. The molecule has 132 valence electrons. The fourth-order valence-electron chi connectivity index (χ4n) is 2.54. The zero-order chi connectivity index (χ0) is 18.7. The Balaban J connectivity index is 1.69. The Labute approximate surface area is 158 Å². The summed E-state index contributed by atoms with van der Waals surface area (Å²) in [6.07, 6.45) is 0. The van der Waals surface area contributed by atoms with Crippen LogP contribution in [-0.2, 0) is 0 Å². The minimum atomic E-state index is -0.383. The van der Waals surface area contributed by atoms with E-state index >= 15 is 0 Å². The fourth-order valence-corrected chi connectivity index (χ4v) is 2.74. The third kappa shape index (κ3) is 4.00. The van der Waals surface area contributed by atoms with Crippen molar-refractivity contribution < 1.29 is 9.21 Å². The van der Waals surface area contributed by atoms with Gasteiger partial charge >= 0.3 is 0 Å². The lowest BCUT2D eigenvalue weighted by molar-refractivity contribution is 0.0951. The average molecular weight is 364 g/mol. The lowest BCUT2D eigenvalue weighted by atomic mass is 10.1.